The van der Waals surface area contributed by atoms with Gasteiger partial charge in [-0.05, 0) is 32.8 Å². The zero-order chi connectivity index (χ0) is 19.1. The van der Waals surface area contributed by atoms with Crippen LogP contribution in [0.5, 0.6) is 0 Å². The largest absolute Gasteiger partial charge is 0.480 e. The first kappa shape index (κ1) is 18.3. The average Bonchev–Trinajstić information content (AvgIpc) is 2.92. The highest BCUT2D eigenvalue weighted by atomic mass is 32.1. The van der Waals surface area contributed by atoms with E-state index in [9.17, 15) is 14.7 Å². The molecule has 26 heavy (non-hydrogen) atoms. The molecule has 0 saturated heterocycles. The summed E-state index contributed by atoms with van der Waals surface area (Å²) in [6.07, 6.45) is 1.34. The summed E-state index contributed by atoms with van der Waals surface area (Å²) in [6.45, 7) is 7.06. The number of rotatable bonds is 5. The maximum atomic E-state index is 13.4. The molecule has 0 saturated carbocycles. The molecule has 0 atom stereocenters. The molecule has 6 heteroatoms. The molecule has 0 aliphatic carbocycles. The Bertz CT molecular complexity index is 1030. The van der Waals surface area contributed by atoms with Gasteiger partial charge in [-0.15, -0.1) is 11.3 Å². The topological polar surface area (TPSA) is 72.2 Å². The highest BCUT2D eigenvalue weighted by Gasteiger charge is 2.34. The summed E-state index contributed by atoms with van der Waals surface area (Å²) in [4.78, 5) is 31.7. The lowest BCUT2D eigenvalue weighted by atomic mass is 10.0. The van der Waals surface area contributed by atoms with E-state index in [-0.39, 0.29) is 5.56 Å². The van der Waals surface area contributed by atoms with Gasteiger partial charge >= 0.3 is 5.97 Å². The lowest BCUT2D eigenvalue weighted by Crippen LogP contribution is -2.44. The van der Waals surface area contributed by atoms with Crippen LogP contribution in [-0.4, -0.2) is 20.6 Å². The summed E-state index contributed by atoms with van der Waals surface area (Å²) in [5.74, 6) is -0.524. The minimum Gasteiger partial charge on any atom is -0.480 e. The fraction of sp³-hybridized carbons (Fsp3) is 0.350. The summed E-state index contributed by atoms with van der Waals surface area (Å²) in [7, 11) is 0. The quantitative estimate of drug-likeness (QED) is 0.730. The molecule has 3 rings (SSSR count). The lowest BCUT2D eigenvalue weighted by Gasteiger charge is -2.25. The highest BCUT2D eigenvalue weighted by molar-refractivity contribution is 7.19. The third kappa shape index (κ3) is 2.84. The number of aryl methyl sites for hydroxylation is 2. The Kier molecular flexibility index (Phi) is 4.71. The Morgan fingerprint density at radius 1 is 1.27 bits per heavy atom. The maximum absolute atomic E-state index is 13.4. The van der Waals surface area contributed by atoms with Crippen molar-refractivity contribution in [3.63, 3.8) is 0 Å². The number of thiophene rings is 1. The molecule has 2 aromatic heterocycles. The third-order valence-corrected chi connectivity index (χ3v) is 5.59. The van der Waals surface area contributed by atoms with Crippen molar-refractivity contribution < 1.29 is 9.90 Å². The second-order valence-electron chi connectivity index (χ2n) is 6.86. The second kappa shape index (κ2) is 6.68. The SMILES string of the molecule is CCCc1nc2sc(C)c(-c3ccccc3)c2c(=O)n1C(C)(C)C(=O)O. The van der Waals surface area contributed by atoms with Gasteiger partial charge in [0.15, 0.2) is 0 Å². The first-order valence-corrected chi connectivity index (χ1v) is 9.45. The molecule has 0 radical (unpaired) electrons. The summed E-state index contributed by atoms with van der Waals surface area (Å²) >= 11 is 1.48. The molecule has 5 nitrogen and oxygen atoms in total. The molecule has 136 valence electrons. The van der Waals surface area contributed by atoms with E-state index in [0.29, 0.717) is 22.5 Å². The van der Waals surface area contributed by atoms with E-state index in [0.717, 1.165) is 22.4 Å². The van der Waals surface area contributed by atoms with Crippen molar-refractivity contribution in [1.29, 1.82) is 0 Å². The number of fused-ring (bicyclic) bond motifs is 1. The van der Waals surface area contributed by atoms with Crippen molar-refractivity contribution in [2.24, 2.45) is 0 Å². The number of carboxylic acid groups (broad SMARTS) is 1. The van der Waals surface area contributed by atoms with Crippen molar-refractivity contribution in [2.75, 3.05) is 0 Å². The molecule has 1 aromatic carbocycles. The standard InChI is InChI=1S/C20H22N2O3S/c1-5-9-14-21-17-16(18(23)22(14)20(3,4)19(24)25)15(12(2)26-17)13-10-7-6-8-11-13/h6-8,10-11H,5,9H2,1-4H3,(H,24,25). The molecule has 0 fully saturated rings. The molecule has 0 amide bonds. The van der Waals surface area contributed by atoms with Crippen LogP contribution in [0.1, 0.15) is 37.9 Å². The van der Waals surface area contributed by atoms with Crippen LogP contribution in [-0.2, 0) is 16.8 Å². The third-order valence-electron chi connectivity index (χ3n) is 4.59. The molecule has 3 aromatic rings. The van der Waals surface area contributed by atoms with E-state index >= 15 is 0 Å². The summed E-state index contributed by atoms with van der Waals surface area (Å²) in [5.41, 5.74) is 0.139. The summed E-state index contributed by atoms with van der Waals surface area (Å²) < 4.78 is 1.36. The normalized spacial score (nSPS) is 11.8. The van der Waals surface area contributed by atoms with Crippen LogP contribution in [0.2, 0.25) is 0 Å². The van der Waals surface area contributed by atoms with E-state index in [2.05, 4.69) is 0 Å². The van der Waals surface area contributed by atoms with Crippen LogP contribution in [0.3, 0.4) is 0 Å². The van der Waals surface area contributed by atoms with Crippen molar-refractivity contribution >= 4 is 27.5 Å². The number of carboxylic acids is 1. The monoisotopic (exact) mass is 370 g/mol. The molecule has 0 spiro atoms. The zero-order valence-corrected chi connectivity index (χ0v) is 16.2. The van der Waals surface area contributed by atoms with Crippen molar-refractivity contribution in [3.05, 3.63) is 51.4 Å². The van der Waals surface area contributed by atoms with Crippen LogP contribution >= 0.6 is 11.3 Å². The first-order chi connectivity index (χ1) is 12.3. The smallest absolute Gasteiger partial charge is 0.329 e. The number of hydrogen-bond acceptors (Lipinski definition) is 4. The minimum atomic E-state index is -1.37. The van der Waals surface area contributed by atoms with E-state index in [1.807, 2.05) is 44.2 Å². The molecule has 0 unspecified atom stereocenters. The molecule has 0 aliphatic rings. The lowest BCUT2D eigenvalue weighted by molar-refractivity contribution is -0.146. The van der Waals surface area contributed by atoms with Gasteiger partial charge in [-0.2, -0.15) is 0 Å². The molecule has 0 bridgehead atoms. The Labute approximate surface area is 155 Å². The highest BCUT2D eigenvalue weighted by Crippen LogP contribution is 2.36. The number of carbonyl (C=O) groups is 1. The summed E-state index contributed by atoms with van der Waals surface area (Å²) in [6, 6.07) is 9.70. The summed E-state index contributed by atoms with van der Waals surface area (Å²) in [5, 5.41) is 10.2. The Morgan fingerprint density at radius 2 is 1.92 bits per heavy atom. The van der Waals surface area contributed by atoms with Gasteiger partial charge in [0.1, 0.15) is 16.2 Å². The predicted molar refractivity (Wildman–Crippen MR) is 105 cm³/mol. The van der Waals surface area contributed by atoms with Crippen LogP contribution in [0, 0.1) is 6.92 Å². The van der Waals surface area contributed by atoms with E-state index in [1.54, 1.807) is 13.8 Å². The molecule has 2 heterocycles. The van der Waals surface area contributed by atoms with Gasteiger partial charge in [0.2, 0.25) is 0 Å². The number of aliphatic carboxylic acids is 1. The van der Waals surface area contributed by atoms with Crippen LogP contribution < -0.4 is 5.56 Å². The zero-order valence-electron chi connectivity index (χ0n) is 15.4. The average molecular weight is 370 g/mol. The van der Waals surface area contributed by atoms with Crippen LogP contribution in [0.15, 0.2) is 35.1 Å². The van der Waals surface area contributed by atoms with Crippen molar-refractivity contribution in [3.8, 4) is 11.1 Å². The van der Waals surface area contributed by atoms with Crippen molar-refractivity contribution in [1.82, 2.24) is 9.55 Å². The predicted octanol–water partition coefficient (Wildman–Crippen LogP) is 4.21. The van der Waals surface area contributed by atoms with Crippen LogP contribution in [0.4, 0.5) is 0 Å². The minimum absolute atomic E-state index is 0.283. The van der Waals surface area contributed by atoms with Gasteiger partial charge in [-0.25, -0.2) is 9.78 Å². The maximum Gasteiger partial charge on any atom is 0.329 e. The van der Waals surface area contributed by atoms with Gasteiger partial charge in [-0.3, -0.25) is 9.36 Å². The van der Waals surface area contributed by atoms with E-state index in [4.69, 9.17) is 4.98 Å². The van der Waals surface area contributed by atoms with E-state index in [1.165, 1.54) is 15.9 Å². The molecule has 0 aliphatic heterocycles. The number of benzene rings is 1. The first-order valence-electron chi connectivity index (χ1n) is 8.63. The molecular formula is C20H22N2O3S. The fourth-order valence-corrected chi connectivity index (χ4v) is 4.27. The Morgan fingerprint density at radius 3 is 2.50 bits per heavy atom. The number of hydrogen-bond donors (Lipinski definition) is 1. The van der Waals surface area contributed by atoms with Gasteiger partial charge in [0, 0.05) is 16.9 Å². The van der Waals surface area contributed by atoms with Crippen LogP contribution in [0.25, 0.3) is 21.3 Å². The van der Waals surface area contributed by atoms with Crippen molar-refractivity contribution in [2.45, 2.75) is 46.1 Å². The number of nitrogens with zero attached hydrogens (tertiary/aromatic N) is 2. The fourth-order valence-electron chi connectivity index (χ4n) is 3.22. The van der Waals surface area contributed by atoms with Gasteiger partial charge in [0.25, 0.3) is 5.56 Å². The van der Waals surface area contributed by atoms with Gasteiger partial charge in [0.05, 0.1) is 5.39 Å². The Balaban J connectivity index is 2.44. The molecular weight excluding hydrogens is 348 g/mol. The second-order valence-corrected chi connectivity index (χ2v) is 8.07. The van der Waals surface area contributed by atoms with Gasteiger partial charge in [-0.1, -0.05) is 37.3 Å². The van der Waals surface area contributed by atoms with Gasteiger partial charge < -0.3 is 5.11 Å². The Hall–Kier alpha value is -2.47. The van der Waals surface area contributed by atoms with E-state index < -0.39 is 11.5 Å². The number of aromatic nitrogens is 2. The molecule has 1 N–H and O–H groups in total.